The van der Waals surface area contributed by atoms with Crippen LogP contribution in [0.15, 0.2) is 24.3 Å². The Morgan fingerprint density at radius 2 is 1.79 bits per heavy atom. The molecule has 0 atom stereocenters. The minimum Gasteiger partial charge on any atom is -0.375 e. The lowest BCUT2D eigenvalue weighted by molar-refractivity contribution is 0.0922. The number of nitrogens with one attached hydrogen (secondary N) is 2. The number of benzene rings is 1. The molecule has 2 rings (SSSR count). The molecular formula is C18H31Cl2N3O. The Kier molecular flexibility index (Phi) is 10.4. The van der Waals surface area contributed by atoms with Gasteiger partial charge < -0.3 is 15.5 Å². The first-order valence-corrected chi connectivity index (χ1v) is 8.34. The monoisotopic (exact) mass is 375 g/mol. The molecule has 0 spiro atoms. The molecule has 0 saturated carbocycles. The van der Waals surface area contributed by atoms with E-state index < -0.39 is 0 Å². The summed E-state index contributed by atoms with van der Waals surface area (Å²) in [5.41, 5.74) is 2.12. The number of carbonyl (C=O) groups excluding carboxylic acids is 1. The number of hydrogen-bond acceptors (Lipinski definition) is 3. The third-order valence-electron chi connectivity index (χ3n) is 4.62. The van der Waals surface area contributed by atoms with Crippen LogP contribution in [0, 0.1) is 5.41 Å². The van der Waals surface area contributed by atoms with Crippen LogP contribution in [-0.2, 0) is 0 Å². The molecule has 6 heteroatoms. The van der Waals surface area contributed by atoms with Crippen molar-refractivity contribution in [2.45, 2.75) is 33.1 Å². The van der Waals surface area contributed by atoms with Gasteiger partial charge in [-0.05, 0) is 62.0 Å². The molecular weight excluding hydrogens is 345 g/mol. The van der Waals surface area contributed by atoms with Crippen molar-refractivity contribution < 1.29 is 4.79 Å². The molecule has 1 aromatic rings. The highest BCUT2D eigenvalue weighted by Gasteiger charge is 2.27. The molecule has 138 valence electrons. The summed E-state index contributed by atoms with van der Waals surface area (Å²) in [7, 11) is 2.08. The number of carbonyl (C=O) groups is 1. The molecule has 0 bridgehead atoms. The first kappa shape index (κ1) is 23.0. The maximum absolute atomic E-state index is 12.3. The third kappa shape index (κ3) is 6.50. The molecule has 4 nitrogen and oxygen atoms in total. The highest BCUT2D eigenvalue weighted by molar-refractivity contribution is 5.94. The van der Waals surface area contributed by atoms with Crippen LogP contribution < -0.4 is 15.5 Å². The predicted octanol–water partition coefficient (Wildman–Crippen LogP) is 3.50. The van der Waals surface area contributed by atoms with E-state index in [2.05, 4.69) is 36.4 Å². The van der Waals surface area contributed by atoms with E-state index in [1.54, 1.807) is 0 Å². The number of halogens is 2. The van der Waals surface area contributed by atoms with Crippen molar-refractivity contribution in [2.75, 3.05) is 38.1 Å². The molecule has 1 heterocycles. The van der Waals surface area contributed by atoms with Gasteiger partial charge in [-0.25, -0.2) is 0 Å². The van der Waals surface area contributed by atoms with E-state index in [0.717, 1.165) is 56.7 Å². The Morgan fingerprint density at radius 3 is 2.33 bits per heavy atom. The standard InChI is InChI=1S/C18H29N3O.2ClH/c1-4-13-21(3)16-7-5-15(6-8-16)17(22)20-14-18(2)9-11-19-12-10-18;;/h5-8,19H,4,9-14H2,1-3H3,(H,20,22);2*1H. The second-order valence-electron chi connectivity index (χ2n) is 6.71. The van der Waals surface area contributed by atoms with Gasteiger partial charge in [-0.1, -0.05) is 13.8 Å². The normalized spacial score (nSPS) is 15.6. The zero-order valence-corrected chi connectivity index (χ0v) is 16.6. The van der Waals surface area contributed by atoms with Crippen LogP contribution in [-0.4, -0.2) is 39.1 Å². The Balaban J connectivity index is 0.00000264. The second kappa shape index (κ2) is 10.8. The fourth-order valence-corrected chi connectivity index (χ4v) is 2.93. The van der Waals surface area contributed by atoms with Crippen molar-refractivity contribution in [1.29, 1.82) is 0 Å². The summed E-state index contributed by atoms with van der Waals surface area (Å²) < 4.78 is 0. The maximum atomic E-state index is 12.3. The lowest BCUT2D eigenvalue weighted by Crippen LogP contribution is -2.42. The molecule has 0 radical (unpaired) electrons. The van der Waals surface area contributed by atoms with E-state index in [4.69, 9.17) is 0 Å². The van der Waals surface area contributed by atoms with E-state index in [1.165, 1.54) is 0 Å². The zero-order valence-electron chi connectivity index (χ0n) is 14.9. The molecule has 1 amide bonds. The zero-order chi connectivity index (χ0) is 16.0. The average molecular weight is 376 g/mol. The van der Waals surface area contributed by atoms with Gasteiger partial charge in [0.25, 0.3) is 5.91 Å². The largest absolute Gasteiger partial charge is 0.375 e. The van der Waals surface area contributed by atoms with Crippen LogP contribution in [0.1, 0.15) is 43.5 Å². The second-order valence-corrected chi connectivity index (χ2v) is 6.71. The van der Waals surface area contributed by atoms with E-state index in [0.29, 0.717) is 0 Å². The summed E-state index contributed by atoms with van der Waals surface area (Å²) in [6.07, 6.45) is 3.36. The van der Waals surface area contributed by atoms with Crippen molar-refractivity contribution in [3.63, 3.8) is 0 Å². The molecule has 0 unspecified atom stereocenters. The summed E-state index contributed by atoms with van der Waals surface area (Å²) in [5.74, 6) is 0.0319. The Morgan fingerprint density at radius 1 is 1.21 bits per heavy atom. The molecule has 1 fully saturated rings. The average Bonchev–Trinajstić information content (AvgIpc) is 2.54. The van der Waals surface area contributed by atoms with E-state index in [1.807, 2.05) is 24.3 Å². The smallest absolute Gasteiger partial charge is 0.251 e. The number of anilines is 1. The fraction of sp³-hybridized carbons (Fsp3) is 0.611. The lowest BCUT2D eigenvalue weighted by atomic mass is 9.81. The molecule has 1 aliphatic rings. The quantitative estimate of drug-likeness (QED) is 0.799. The first-order valence-electron chi connectivity index (χ1n) is 8.34. The SMILES string of the molecule is CCCN(C)c1ccc(C(=O)NCC2(C)CCNCC2)cc1.Cl.Cl. The van der Waals surface area contributed by atoms with Gasteiger partial charge in [0.2, 0.25) is 0 Å². The van der Waals surface area contributed by atoms with Gasteiger partial charge in [-0.2, -0.15) is 0 Å². The van der Waals surface area contributed by atoms with Crippen LogP contribution >= 0.6 is 24.8 Å². The third-order valence-corrected chi connectivity index (χ3v) is 4.62. The highest BCUT2D eigenvalue weighted by Crippen LogP contribution is 2.26. The fourth-order valence-electron chi connectivity index (χ4n) is 2.93. The minimum absolute atomic E-state index is 0. The number of piperidine rings is 1. The van der Waals surface area contributed by atoms with E-state index in [9.17, 15) is 4.79 Å². The van der Waals surface area contributed by atoms with Gasteiger partial charge in [-0.15, -0.1) is 24.8 Å². The number of nitrogens with zero attached hydrogens (tertiary/aromatic N) is 1. The first-order chi connectivity index (χ1) is 10.5. The van der Waals surface area contributed by atoms with Crippen molar-refractivity contribution in [1.82, 2.24) is 10.6 Å². The van der Waals surface area contributed by atoms with Crippen LogP contribution in [0.2, 0.25) is 0 Å². The number of amides is 1. The van der Waals surface area contributed by atoms with Gasteiger partial charge in [0, 0.05) is 31.4 Å². The molecule has 1 aromatic carbocycles. The van der Waals surface area contributed by atoms with Gasteiger partial charge in [0.15, 0.2) is 0 Å². The van der Waals surface area contributed by atoms with Gasteiger partial charge in [0.1, 0.15) is 0 Å². The van der Waals surface area contributed by atoms with Gasteiger partial charge in [-0.3, -0.25) is 4.79 Å². The molecule has 0 aliphatic carbocycles. The highest BCUT2D eigenvalue weighted by atomic mass is 35.5. The molecule has 0 aromatic heterocycles. The summed E-state index contributed by atoms with van der Waals surface area (Å²) in [6, 6.07) is 7.89. The van der Waals surface area contributed by atoms with Gasteiger partial charge >= 0.3 is 0 Å². The van der Waals surface area contributed by atoms with Crippen LogP contribution in [0.25, 0.3) is 0 Å². The van der Waals surface area contributed by atoms with Crippen LogP contribution in [0.5, 0.6) is 0 Å². The minimum atomic E-state index is 0. The topological polar surface area (TPSA) is 44.4 Å². The lowest BCUT2D eigenvalue weighted by Gasteiger charge is -2.34. The number of rotatable bonds is 6. The molecule has 24 heavy (non-hydrogen) atoms. The predicted molar refractivity (Wildman–Crippen MR) is 107 cm³/mol. The van der Waals surface area contributed by atoms with Crippen molar-refractivity contribution in [3.8, 4) is 0 Å². The van der Waals surface area contributed by atoms with Crippen molar-refractivity contribution in [3.05, 3.63) is 29.8 Å². The van der Waals surface area contributed by atoms with Crippen LogP contribution in [0.4, 0.5) is 5.69 Å². The van der Waals surface area contributed by atoms with Crippen LogP contribution in [0.3, 0.4) is 0 Å². The molecule has 2 N–H and O–H groups in total. The summed E-state index contributed by atoms with van der Waals surface area (Å²) >= 11 is 0. The summed E-state index contributed by atoms with van der Waals surface area (Å²) in [5, 5.41) is 6.47. The Labute approximate surface area is 158 Å². The van der Waals surface area contributed by atoms with Gasteiger partial charge in [0.05, 0.1) is 0 Å². The van der Waals surface area contributed by atoms with E-state index in [-0.39, 0.29) is 36.1 Å². The Bertz CT molecular complexity index is 488. The summed E-state index contributed by atoms with van der Waals surface area (Å²) in [6.45, 7) is 8.30. The van der Waals surface area contributed by atoms with Crippen molar-refractivity contribution in [2.24, 2.45) is 5.41 Å². The van der Waals surface area contributed by atoms with E-state index >= 15 is 0 Å². The number of hydrogen-bond donors (Lipinski definition) is 2. The summed E-state index contributed by atoms with van der Waals surface area (Å²) in [4.78, 5) is 14.5. The Hall–Kier alpha value is -0.970. The molecule has 1 saturated heterocycles. The molecule has 1 aliphatic heterocycles. The van der Waals surface area contributed by atoms with Crippen molar-refractivity contribution >= 4 is 36.4 Å². The maximum Gasteiger partial charge on any atom is 0.251 e.